The van der Waals surface area contributed by atoms with Crippen molar-refractivity contribution in [2.75, 3.05) is 31.3 Å². The number of nitrogens with one attached hydrogen (secondary N) is 1. The van der Waals surface area contributed by atoms with E-state index in [-0.39, 0.29) is 0 Å². The Kier molecular flexibility index (Phi) is 4.36. The number of hydrogen-bond acceptors (Lipinski definition) is 4. The zero-order valence-corrected chi connectivity index (χ0v) is 10.6. The second-order valence-corrected chi connectivity index (χ2v) is 4.23. The minimum atomic E-state index is 0.767. The lowest BCUT2D eigenvalue weighted by Crippen LogP contribution is -2.04. The van der Waals surface area contributed by atoms with E-state index in [1.165, 1.54) is 0 Å². The largest absolute Gasteiger partial charge is 0.398 e. The minimum Gasteiger partial charge on any atom is -0.398 e. The standard InChI is InChI=1S/C14H19N3O/c1-18-10-3-2-8-16-13-7-6-12(15)11-5-4-9-17-14(11)13/h4-7,9,16H,2-3,8,10,15H2,1H3. The molecule has 96 valence electrons. The summed E-state index contributed by atoms with van der Waals surface area (Å²) in [6.07, 6.45) is 3.92. The van der Waals surface area contributed by atoms with E-state index in [4.69, 9.17) is 10.5 Å². The highest BCUT2D eigenvalue weighted by atomic mass is 16.5. The zero-order valence-electron chi connectivity index (χ0n) is 10.6. The fourth-order valence-electron chi connectivity index (χ4n) is 1.93. The number of benzene rings is 1. The maximum Gasteiger partial charge on any atom is 0.0953 e. The van der Waals surface area contributed by atoms with E-state index in [2.05, 4.69) is 10.3 Å². The summed E-state index contributed by atoms with van der Waals surface area (Å²) >= 11 is 0. The van der Waals surface area contributed by atoms with Gasteiger partial charge in [0.25, 0.3) is 0 Å². The van der Waals surface area contributed by atoms with Crippen molar-refractivity contribution >= 4 is 22.3 Å². The van der Waals surface area contributed by atoms with Gasteiger partial charge in [-0.3, -0.25) is 4.98 Å². The van der Waals surface area contributed by atoms with Crippen LogP contribution in [0.4, 0.5) is 11.4 Å². The molecule has 0 radical (unpaired) electrons. The molecule has 0 aliphatic heterocycles. The summed E-state index contributed by atoms with van der Waals surface area (Å²) in [6, 6.07) is 7.80. The first-order chi connectivity index (χ1) is 8.83. The number of nitrogen functional groups attached to an aromatic ring is 1. The van der Waals surface area contributed by atoms with E-state index in [1.54, 1.807) is 13.3 Å². The van der Waals surface area contributed by atoms with Gasteiger partial charge in [0.05, 0.1) is 11.2 Å². The average molecular weight is 245 g/mol. The first kappa shape index (κ1) is 12.6. The number of rotatable bonds is 6. The summed E-state index contributed by atoms with van der Waals surface area (Å²) in [6.45, 7) is 1.72. The van der Waals surface area contributed by atoms with Gasteiger partial charge in [-0.1, -0.05) is 0 Å². The molecule has 0 saturated carbocycles. The van der Waals surface area contributed by atoms with Crippen LogP contribution in [0.25, 0.3) is 10.9 Å². The monoisotopic (exact) mass is 245 g/mol. The molecular formula is C14H19N3O. The van der Waals surface area contributed by atoms with Crippen molar-refractivity contribution in [2.24, 2.45) is 0 Å². The Balaban J connectivity index is 2.07. The second-order valence-electron chi connectivity index (χ2n) is 4.23. The Morgan fingerprint density at radius 2 is 2.17 bits per heavy atom. The van der Waals surface area contributed by atoms with Crippen LogP contribution in [0.5, 0.6) is 0 Å². The Hall–Kier alpha value is -1.81. The number of methoxy groups -OCH3 is 1. The molecule has 1 aromatic heterocycles. The van der Waals surface area contributed by atoms with E-state index >= 15 is 0 Å². The number of hydrogen-bond donors (Lipinski definition) is 2. The van der Waals surface area contributed by atoms with Gasteiger partial charge < -0.3 is 15.8 Å². The first-order valence-electron chi connectivity index (χ1n) is 6.19. The van der Waals surface area contributed by atoms with Crippen LogP contribution in [0.2, 0.25) is 0 Å². The minimum absolute atomic E-state index is 0.767. The third kappa shape index (κ3) is 2.90. The van der Waals surface area contributed by atoms with Crippen molar-refractivity contribution < 1.29 is 4.74 Å². The molecular weight excluding hydrogens is 226 g/mol. The number of fused-ring (bicyclic) bond motifs is 1. The number of nitrogens with zero attached hydrogens (tertiary/aromatic N) is 1. The molecule has 2 rings (SSSR count). The molecule has 0 atom stereocenters. The number of anilines is 2. The number of nitrogens with two attached hydrogens (primary N) is 1. The van der Waals surface area contributed by atoms with Gasteiger partial charge >= 0.3 is 0 Å². The molecule has 1 aromatic carbocycles. The van der Waals surface area contributed by atoms with Crippen LogP contribution in [-0.2, 0) is 4.74 Å². The lowest BCUT2D eigenvalue weighted by atomic mass is 10.1. The van der Waals surface area contributed by atoms with Gasteiger partial charge in [0.15, 0.2) is 0 Å². The van der Waals surface area contributed by atoms with Gasteiger partial charge in [0.1, 0.15) is 0 Å². The third-order valence-corrected chi connectivity index (χ3v) is 2.89. The van der Waals surface area contributed by atoms with E-state index < -0.39 is 0 Å². The Morgan fingerprint density at radius 3 is 3.00 bits per heavy atom. The number of ether oxygens (including phenoxy) is 1. The van der Waals surface area contributed by atoms with E-state index in [9.17, 15) is 0 Å². The Bertz CT molecular complexity index is 513. The van der Waals surface area contributed by atoms with Crippen molar-refractivity contribution in [1.82, 2.24) is 4.98 Å². The smallest absolute Gasteiger partial charge is 0.0953 e. The van der Waals surface area contributed by atoms with Gasteiger partial charge in [-0.05, 0) is 37.1 Å². The van der Waals surface area contributed by atoms with Gasteiger partial charge in [0.2, 0.25) is 0 Å². The van der Waals surface area contributed by atoms with Gasteiger partial charge in [-0.2, -0.15) is 0 Å². The van der Waals surface area contributed by atoms with Gasteiger partial charge in [0, 0.05) is 37.5 Å². The number of aromatic nitrogens is 1. The molecule has 3 N–H and O–H groups in total. The molecule has 1 heterocycles. The van der Waals surface area contributed by atoms with Gasteiger partial charge in [-0.15, -0.1) is 0 Å². The lowest BCUT2D eigenvalue weighted by Gasteiger charge is -2.10. The SMILES string of the molecule is COCCCCNc1ccc(N)c2cccnc12. The van der Waals surface area contributed by atoms with Crippen molar-refractivity contribution in [3.05, 3.63) is 30.5 Å². The van der Waals surface area contributed by atoms with Crippen LogP contribution in [0.1, 0.15) is 12.8 Å². The molecule has 4 heteroatoms. The van der Waals surface area contributed by atoms with Crippen molar-refractivity contribution in [3.63, 3.8) is 0 Å². The summed E-state index contributed by atoms with van der Waals surface area (Å²) in [4.78, 5) is 4.39. The number of pyridine rings is 1. The van der Waals surface area contributed by atoms with E-state index in [1.807, 2.05) is 24.3 Å². The molecule has 18 heavy (non-hydrogen) atoms. The van der Waals surface area contributed by atoms with Crippen LogP contribution < -0.4 is 11.1 Å². The summed E-state index contributed by atoms with van der Waals surface area (Å²) in [7, 11) is 1.73. The van der Waals surface area contributed by atoms with Crippen LogP contribution in [0.15, 0.2) is 30.5 Å². The summed E-state index contributed by atoms with van der Waals surface area (Å²) in [5.74, 6) is 0. The van der Waals surface area contributed by atoms with Gasteiger partial charge in [-0.25, -0.2) is 0 Å². The lowest BCUT2D eigenvalue weighted by molar-refractivity contribution is 0.194. The van der Waals surface area contributed by atoms with Crippen molar-refractivity contribution in [1.29, 1.82) is 0 Å². The number of unbranched alkanes of at least 4 members (excludes halogenated alkanes) is 1. The Morgan fingerprint density at radius 1 is 1.28 bits per heavy atom. The molecule has 0 fully saturated rings. The molecule has 0 saturated heterocycles. The topological polar surface area (TPSA) is 60.2 Å². The second kappa shape index (κ2) is 6.21. The maximum atomic E-state index is 5.94. The molecule has 2 aromatic rings. The average Bonchev–Trinajstić information content (AvgIpc) is 2.41. The molecule has 0 unspecified atom stereocenters. The summed E-state index contributed by atoms with van der Waals surface area (Å²) < 4.78 is 5.02. The first-order valence-corrected chi connectivity index (χ1v) is 6.19. The van der Waals surface area contributed by atoms with E-state index in [0.29, 0.717) is 0 Å². The fraction of sp³-hybridized carbons (Fsp3) is 0.357. The van der Waals surface area contributed by atoms with Crippen LogP contribution in [0, 0.1) is 0 Å². The molecule has 0 bridgehead atoms. The Labute approximate surface area is 107 Å². The molecule has 0 aliphatic carbocycles. The fourth-order valence-corrected chi connectivity index (χ4v) is 1.93. The molecule has 0 amide bonds. The third-order valence-electron chi connectivity index (χ3n) is 2.89. The van der Waals surface area contributed by atoms with Crippen LogP contribution in [0.3, 0.4) is 0 Å². The van der Waals surface area contributed by atoms with E-state index in [0.717, 1.165) is 48.3 Å². The molecule has 0 aliphatic rings. The van der Waals surface area contributed by atoms with Crippen molar-refractivity contribution in [3.8, 4) is 0 Å². The highest BCUT2D eigenvalue weighted by Crippen LogP contribution is 2.26. The highest BCUT2D eigenvalue weighted by molar-refractivity contribution is 5.98. The predicted molar refractivity (Wildman–Crippen MR) is 75.8 cm³/mol. The van der Waals surface area contributed by atoms with Crippen LogP contribution >= 0.6 is 0 Å². The summed E-state index contributed by atoms with van der Waals surface area (Å²) in [5.41, 5.74) is 8.68. The van der Waals surface area contributed by atoms with Crippen molar-refractivity contribution in [2.45, 2.75) is 12.8 Å². The summed E-state index contributed by atoms with van der Waals surface area (Å²) in [5, 5.41) is 4.40. The zero-order chi connectivity index (χ0) is 12.8. The molecule has 0 spiro atoms. The predicted octanol–water partition coefficient (Wildman–Crippen LogP) is 2.66. The quantitative estimate of drug-likeness (QED) is 0.606. The highest BCUT2D eigenvalue weighted by Gasteiger charge is 2.03. The maximum absolute atomic E-state index is 5.94. The molecule has 4 nitrogen and oxygen atoms in total. The van der Waals surface area contributed by atoms with Crippen LogP contribution in [-0.4, -0.2) is 25.2 Å². The normalized spacial score (nSPS) is 10.7.